The van der Waals surface area contributed by atoms with E-state index in [0.29, 0.717) is 13.1 Å². The molecule has 126 valence electrons. The van der Waals surface area contributed by atoms with Gasteiger partial charge in [-0.05, 0) is 31.1 Å². The van der Waals surface area contributed by atoms with Crippen LogP contribution in [0.15, 0.2) is 0 Å². The highest BCUT2D eigenvalue weighted by molar-refractivity contribution is 5.83. The van der Waals surface area contributed by atoms with Gasteiger partial charge in [-0.2, -0.15) is 0 Å². The number of hydrogen-bond donors (Lipinski definition) is 1. The molecular weight excluding hydrogens is 280 g/mol. The fourth-order valence-corrected chi connectivity index (χ4v) is 3.06. The molecule has 22 heavy (non-hydrogen) atoms. The standard InChI is InChI=1S/C17H30N2O3/c1-17(2,3)14(22-4)10-18-15(20)13-6-5-9-19(11-13)16(21)12-7-8-12/h12-14H,5-11H2,1-4H3,(H,18,20). The minimum absolute atomic E-state index is 0.00996. The van der Waals surface area contributed by atoms with Gasteiger partial charge in [-0.3, -0.25) is 9.59 Å². The smallest absolute Gasteiger partial charge is 0.225 e. The van der Waals surface area contributed by atoms with Gasteiger partial charge in [0.1, 0.15) is 0 Å². The summed E-state index contributed by atoms with van der Waals surface area (Å²) in [5, 5.41) is 3.01. The van der Waals surface area contributed by atoms with Gasteiger partial charge < -0.3 is 15.0 Å². The zero-order chi connectivity index (χ0) is 16.3. The highest BCUT2D eigenvalue weighted by Crippen LogP contribution is 2.32. The van der Waals surface area contributed by atoms with Gasteiger partial charge in [0.05, 0.1) is 12.0 Å². The van der Waals surface area contributed by atoms with Crippen molar-refractivity contribution in [2.45, 2.75) is 52.6 Å². The molecule has 0 bridgehead atoms. The zero-order valence-corrected chi connectivity index (χ0v) is 14.4. The lowest BCUT2D eigenvalue weighted by atomic mass is 9.88. The van der Waals surface area contributed by atoms with E-state index < -0.39 is 0 Å². The summed E-state index contributed by atoms with van der Waals surface area (Å²) < 4.78 is 5.47. The van der Waals surface area contributed by atoms with E-state index in [1.54, 1.807) is 7.11 Å². The molecule has 1 saturated carbocycles. The summed E-state index contributed by atoms with van der Waals surface area (Å²) in [6.45, 7) is 8.21. The molecule has 2 unspecified atom stereocenters. The highest BCUT2D eigenvalue weighted by Gasteiger charge is 2.37. The first-order valence-corrected chi connectivity index (χ1v) is 8.42. The first-order valence-electron chi connectivity index (χ1n) is 8.42. The van der Waals surface area contributed by atoms with E-state index in [1.165, 1.54) is 0 Å². The van der Waals surface area contributed by atoms with Gasteiger partial charge >= 0.3 is 0 Å². The topological polar surface area (TPSA) is 58.6 Å². The maximum absolute atomic E-state index is 12.4. The minimum Gasteiger partial charge on any atom is -0.379 e. The van der Waals surface area contributed by atoms with Gasteiger partial charge in [0.2, 0.25) is 11.8 Å². The van der Waals surface area contributed by atoms with Crippen LogP contribution >= 0.6 is 0 Å². The average Bonchev–Trinajstić information content (AvgIpc) is 3.30. The summed E-state index contributed by atoms with van der Waals surface area (Å²) in [5.74, 6) is 0.469. The molecule has 2 amide bonds. The van der Waals surface area contributed by atoms with Crippen LogP contribution < -0.4 is 5.32 Å². The predicted molar refractivity (Wildman–Crippen MR) is 85.3 cm³/mol. The molecule has 2 fully saturated rings. The number of ether oxygens (including phenoxy) is 1. The van der Waals surface area contributed by atoms with Crippen LogP contribution in [-0.2, 0) is 14.3 Å². The molecule has 1 aliphatic carbocycles. The number of nitrogens with one attached hydrogen (secondary N) is 1. The largest absolute Gasteiger partial charge is 0.379 e. The Balaban J connectivity index is 1.82. The minimum atomic E-state index is -0.0751. The number of amides is 2. The highest BCUT2D eigenvalue weighted by atomic mass is 16.5. The molecule has 0 aromatic heterocycles. The number of methoxy groups -OCH3 is 1. The second-order valence-corrected chi connectivity index (χ2v) is 7.73. The van der Waals surface area contributed by atoms with E-state index in [2.05, 4.69) is 26.1 Å². The first kappa shape index (κ1) is 17.3. The fourth-order valence-electron chi connectivity index (χ4n) is 3.06. The molecular formula is C17H30N2O3. The van der Waals surface area contributed by atoms with Crippen molar-refractivity contribution in [2.75, 3.05) is 26.7 Å². The molecule has 1 heterocycles. The molecule has 0 spiro atoms. The molecule has 0 radical (unpaired) electrons. The number of piperidine rings is 1. The first-order chi connectivity index (χ1) is 10.3. The van der Waals surface area contributed by atoms with Crippen LogP contribution in [0.1, 0.15) is 46.5 Å². The summed E-state index contributed by atoms with van der Waals surface area (Å²) in [6.07, 6.45) is 3.82. The zero-order valence-electron chi connectivity index (χ0n) is 14.4. The quantitative estimate of drug-likeness (QED) is 0.842. The third kappa shape index (κ3) is 4.45. The SMILES string of the molecule is COC(CNC(=O)C1CCCN(C(=O)C2CC2)C1)C(C)(C)C. The number of hydrogen-bond acceptors (Lipinski definition) is 3. The lowest BCUT2D eigenvalue weighted by Gasteiger charge is -2.33. The van der Waals surface area contributed by atoms with E-state index in [0.717, 1.165) is 32.2 Å². The Morgan fingerprint density at radius 1 is 1.23 bits per heavy atom. The number of likely N-dealkylation sites (tertiary alicyclic amines) is 1. The van der Waals surface area contributed by atoms with Gasteiger partial charge in [0.25, 0.3) is 0 Å². The second kappa shape index (κ2) is 6.99. The van der Waals surface area contributed by atoms with E-state index in [1.807, 2.05) is 4.90 Å². The van der Waals surface area contributed by atoms with Crippen molar-refractivity contribution in [2.24, 2.45) is 17.3 Å². The van der Waals surface area contributed by atoms with E-state index in [-0.39, 0.29) is 35.2 Å². The Hall–Kier alpha value is -1.10. The third-order valence-electron chi connectivity index (χ3n) is 4.74. The molecule has 5 nitrogen and oxygen atoms in total. The molecule has 1 aliphatic heterocycles. The van der Waals surface area contributed by atoms with Crippen LogP contribution in [0.5, 0.6) is 0 Å². The van der Waals surface area contributed by atoms with Crippen LogP contribution in [-0.4, -0.2) is 49.6 Å². The van der Waals surface area contributed by atoms with Crippen molar-refractivity contribution in [1.29, 1.82) is 0 Å². The van der Waals surface area contributed by atoms with Crippen molar-refractivity contribution >= 4 is 11.8 Å². The molecule has 2 rings (SSSR count). The van der Waals surface area contributed by atoms with E-state index in [4.69, 9.17) is 4.74 Å². The van der Waals surface area contributed by atoms with Crippen molar-refractivity contribution < 1.29 is 14.3 Å². The van der Waals surface area contributed by atoms with E-state index in [9.17, 15) is 9.59 Å². The molecule has 0 aromatic carbocycles. The third-order valence-corrected chi connectivity index (χ3v) is 4.74. The summed E-state index contributed by atoms with van der Waals surface area (Å²) in [5.41, 5.74) is -0.0113. The maximum Gasteiger partial charge on any atom is 0.225 e. The number of rotatable bonds is 5. The van der Waals surface area contributed by atoms with Crippen molar-refractivity contribution in [3.05, 3.63) is 0 Å². The number of carbonyl (C=O) groups is 2. The lowest BCUT2D eigenvalue weighted by Crippen LogP contribution is -2.48. The summed E-state index contributed by atoms with van der Waals surface area (Å²) in [6, 6.07) is 0. The van der Waals surface area contributed by atoms with Gasteiger partial charge in [-0.15, -0.1) is 0 Å². The molecule has 2 aliphatic rings. The Morgan fingerprint density at radius 2 is 1.91 bits per heavy atom. The van der Waals surface area contributed by atoms with Crippen molar-refractivity contribution in [3.63, 3.8) is 0 Å². The van der Waals surface area contributed by atoms with Gasteiger partial charge in [0.15, 0.2) is 0 Å². The Morgan fingerprint density at radius 3 is 2.45 bits per heavy atom. The number of carbonyl (C=O) groups excluding carboxylic acids is 2. The van der Waals surface area contributed by atoms with Crippen LogP contribution in [0.2, 0.25) is 0 Å². The molecule has 1 saturated heterocycles. The maximum atomic E-state index is 12.4. The number of nitrogens with zero attached hydrogens (tertiary/aromatic N) is 1. The normalized spacial score (nSPS) is 24.0. The van der Waals surface area contributed by atoms with Crippen molar-refractivity contribution in [3.8, 4) is 0 Å². The van der Waals surface area contributed by atoms with Crippen LogP contribution in [0.4, 0.5) is 0 Å². The van der Waals surface area contributed by atoms with E-state index >= 15 is 0 Å². The predicted octanol–water partition coefficient (Wildman–Crippen LogP) is 1.81. The Bertz CT molecular complexity index is 413. The van der Waals surface area contributed by atoms with Crippen LogP contribution in [0.3, 0.4) is 0 Å². The molecule has 1 N–H and O–H groups in total. The molecule has 2 atom stereocenters. The summed E-state index contributed by atoms with van der Waals surface area (Å²) >= 11 is 0. The summed E-state index contributed by atoms with van der Waals surface area (Å²) in [7, 11) is 1.68. The van der Waals surface area contributed by atoms with Gasteiger partial charge in [-0.1, -0.05) is 20.8 Å². The fraction of sp³-hybridized carbons (Fsp3) is 0.882. The van der Waals surface area contributed by atoms with Crippen LogP contribution in [0, 0.1) is 17.3 Å². The van der Waals surface area contributed by atoms with Gasteiger partial charge in [-0.25, -0.2) is 0 Å². The lowest BCUT2D eigenvalue weighted by molar-refractivity contribution is -0.137. The molecule has 0 aromatic rings. The Labute approximate surface area is 133 Å². The monoisotopic (exact) mass is 310 g/mol. The Kier molecular flexibility index (Phi) is 5.48. The van der Waals surface area contributed by atoms with Crippen LogP contribution in [0.25, 0.3) is 0 Å². The second-order valence-electron chi connectivity index (χ2n) is 7.73. The van der Waals surface area contributed by atoms with Crippen molar-refractivity contribution in [1.82, 2.24) is 10.2 Å². The summed E-state index contributed by atoms with van der Waals surface area (Å²) in [4.78, 5) is 26.4. The average molecular weight is 310 g/mol. The molecule has 5 heteroatoms. The van der Waals surface area contributed by atoms with Gasteiger partial charge in [0, 0.05) is 32.7 Å².